The number of carbonyl (C=O) groups is 2. The van der Waals surface area contributed by atoms with Crippen molar-refractivity contribution in [3.05, 3.63) is 29.3 Å². The summed E-state index contributed by atoms with van der Waals surface area (Å²) in [4.78, 5) is 27.8. The summed E-state index contributed by atoms with van der Waals surface area (Å²) in [6, 6.07) is 5.41. The van der Waals surface area contributed by atoms with Crippen LogP contribution >= 0.6 is 0 Å². The molecular weight excluding hydrogens is 402 g/mol. The van der Waals surface area contributed by atoms with Crippen LogP contribution in [0.4, 0.5) is 5.69 Å². The predicted molar refractivity (Wildman–Crippen MR) is 118 cm³/mol. The zero-order chi connectivity index (χ0) is 22.1. The molecule has 2 heterocycles. The Kier molecular flexibility index (Phi) is 6.87. The molecule has 3 unspecified atom stereocenters. The van der Waals surface area contributed by atoms with E-state index in [-0.39, 0.29) is 18.4 Å². The van der Waals surface area contributed by atoms with E-state index in [9.17, 15) is 18.0 Å². The highest BCUT2D eigenvalue weighted by molar-refractivity contribution is 7.88. The molecule has 0 spiro atoms. The first-order valence-corrected chi connectivity index (χ1v) is 12.6. The summed E-state index contributed by atoms with van der Waals surface area (Å²) in [6.07, 6.45) is 3.62. The van der Waals surface area contributed by atoms with Gasteiger partial charge in [0.2, 0.25) is 15.9 Å². The predicted octanol–water partition coefficient (Wildman–Crippen LogP) is 2.72. The fraction of sp³-hybridized carbons (Fsp3) is 0.636. The van der Waals surface area contributed by atoms with Crippen molar-refractivity contribution in [3.63, 3.8) is 0 Å². The molecule has 2 aliphatic heterocycles. The minimum absolute atomic E-state index is 0.00943. The number of nitrogens with zero attached hydrogens (tertiary/aromatic N) is 2. The van der Waals surface area contributed by atoms with Gasteiger partial charge in [0, 0.05) is 37.4 Å². The second-order valence-electron chi connectivity index (χ2n) is 9.14. The molecule has 0 saturated carbocycles. The van der Waals surface area contributed by atoms with Gasteiger partial charge in [-0.05, 0) is 55.7 Å². The molecular formula is C22H33N3O4S. The number of nitrogens with one attached hydrogen (secondary N) is 1. The first-order chi connectivity index (χ1) is 14.0. The van der Waals surface area contributed by atoms with Crippen LogP contribution in [-0.2, 0) is 14.8 Å². The van der Waals surface area contributed by atoms with Crippen LogP contribution in [0.25, 0.3) is 0 Å². The molecule has 3 atom stereocenters. The minimum atomic E-state index is -3.31. The van der Waals surface area contributed by atoms with Crippen LogP contribution < -0.4 is 5.32 Å². The average molecular weight is 436 g/mol. The van der Waals surface area contributed by atoms with Crippen molar-refractivity contribution in [2.24, 2.45) is 17.8 Å². The second-order valence-corrected chi connectivity index (χ2v) is 11.1. The molecule has 2 aliphatic rings. The summed E-state index contributed by atoms with van der Waals surface area (Å²) in [6.45, 7) is 8.38. The van der Waals surface area contributed by atoms with Crippen molar-refractivity contribution >= 4 is 27.5 Å². The maximum absolute atomic E-state index is 13.0. The Balaban J connectivity index is 1.72. The van der Waals surface area contributed by atoms with Gasteiger partial charge in [0.1, 0.15) is 0 Å². The van der Waals surface area contributed by atoms with Gasteiger partial charge >= 0.3 is 0 Å². The Bertz CT molecular complexity index is 905. The van der Waals surface area contributed by atoms with Crippen LogP contribution in [0.15, 0.2) is 18.2 Å². The van der Waals surface area contributed by atoms with Gasteiger partial charge in [-0.2, -0.15) is 0 Å². The quantitative estimate of drug-likeness (QED) is 0.788. The van der Waals surface area contributed by atoms with Crippen molar-refractivity contribution in [2.45, 2.75) is 40.0 Å². The number of piperidine rings is 2. The molecule has 0 bridgehead atoms. The van der Waals surface area contributed by atoms with Crippen LogP contribution in [0.3, 0.4) is 0 Å². The molecule has 2 amide bonds. The van der Waals surface area contributed by atoms with Gasteiger partial charge < -0.3 is 10.2 Å². The molecule has 0 aliphatic carbocycles. The highest BCUT2D eigenvalue weighted by Crippen LogP contribution is 2.26. The molecule has 1 aromatic carbocycles. The molecule has 166 valence electrons. The first kappa shape index (κ1) is 22.7. The Morgan fingerprint density at radius 3 is 2.40 bits per heavy atom. The third-order valence-corrected chi connectivity index (χ3v) is 7.39. The molecule has 2 saturated heterocycles. The van der Waals surface area contributed by atoms with Crippen molar-refractivity contribution in [1.82, 2.24) is 9.21 Å². The van der Waals surface area contributed by atoms with E-state index in [0.29, 0.717) is 42.5 Å². The van der Waals surface area contributed by atoms with Crippen LogP contribution in [-0.4, -0.2) is 61.9 Å². The van der Waals surface area contributed by atoms with Crippen molar-refractivity contribution in [2.75, 3.05) is 37.8 Å². The summed E-state index contributed by atoms with van der Waals surface area (Å²) in [5, 5.41) is 2.94. The number of amides is 2. The van der Waals surface area contributed by atoms with Crippen LogP contribution in [0.2, 0.25) is 0 Å². The van der Waals surface area contributed by atoms with Crippen LogP contribution in [0.5, 0.6) is 0 Å². The number of anilines is 1. The number of hydrogen-bond acceptors (Lipinski definition) is 4. The molecule has 0 radical (unpaired) electrons. The summed E-state index contributed by atoms with van der Waals surface area (Å²) in [5.41, 5.74) is 2.05. The molecule has 7 nitrogen and oxygen atoms in total. The summed E-state index contributed by atoms with van der Waals surface area (Å²) >= 11 is 0. The van der Waals surface area contributed by atoms with E-state index in [1.54, 1.807) is 6.07 Å². The zero-order valence-corrected chi connectivity index (χ0v) is 19.2. The molecule has 1 aromatic rings. The monoisotopic (exact) mass is 435 g/mol. The third kappa shape index (κ3) is 5.40. The highest BCUT2D eigenvalue weighted by atomic mass is 32.2. The Labute approximate surface area is 179 Å². The van der Waals surface area contributed by atoms with E-state index in [0.717, 1.165) is 25.1 Å². The largest absolute Gasteiger partial charge is 0.338 e. The Morgan fingerprint density at radius 1 is 1.10 bits per heavy atom. The lowest BCUT2D eigenvalue weighted by atomic mass is 9.91. The highest BCUT2D eigenvalue weighted by Gasteiger charge is 2.31. The average Bonchev–Trinajstić information content (AvgIpc) is 2.67. The van der Waals surface area contributed by atoms with E-state index in [4.69, 9.17) is 0 Å². The summed E-state index contributed by atoms with van der Waals surface area (Å²) in [5.74, 6) is 0.356. The number of benzene rings is 1. The van der Waals surface area contributed by atoms with E-state index in [1.807, 2.05) is 24.0 Å². The number of rotatable bonds is 4. The van der Waals surface area contributed by atoms with Gasteiger partial charge in [0.15, 0.2) is 0 Å². The lowest BCUT2D eigenvalue weighted by Crippen LogP contribution is -2.43. The van der Waals surface area contributed by atoms with Crippen LogP contribution in [0.1, 0.15) is 49.0 Å². The van der Waals surface area contributed by atoms with Gasteiger partial charge in [-0.25, -0.2) is 12.7 Å². The van der Waals surface area contributed by atoms with E-state index < -0.39 is 15.9 Å². The maximum atomic E-state index is 13.0. The lowest BCUT2D eigenvalue weighted by Gasteiger charge is -2.35. The van der Waals surface area contributed by atoms with Gasteiger partial charge in [0.25, 0.3) is 5.91 Å². The fourth-order valence-corrected chi connectivity index (χ4v) is 5.50. The zero-order valence-electron chi connectivity index (χ0n) is 18.3. The van der Waals surface area contributed by atoms with Gasteiger partial charge in [0.05, 0.1) is 12.2 Å². The van der Waals surface area contributed by atoms with Gasteiger partial charge in [-0.15, -0.1) is 0 Å². The number of hydrogen-bond donors (Lipinski definition) is 1. The van der Waals surface area contributed by atoms with Gasteiger partial charge in [-0.3, -0.25) is 9.59 Å². The third-order valence-electron chi connectivity index (χ3n) is 6.12. The van der Waals surface area contributed by atoms with Gasteiger partial charge in [-0.1, -0.05) is 19.9 Å². The topological polar surface area (TPSA) is 86.8 Å². The number of aryl methyl sites for hydroxylation is 1. The molecule has 8 heteroatoms. The maximum Gasteiger partial charge on any atom is 0.253 e. The SMILES string of the molecule is Cc1ccc(C(=O)N2CC(C)CC(C)C2)cc1NC(=O)C1CCCN(S(C)(=O)=O)C1. The number of sulfonamides is 1. The van der Waals surface area contributed by atoms with E-state index in [2.05, 4.69) is 19.2 Å². The number of likely N-dealkylation sites (tertiary alicyclic amines) is 1. The molecule has 3 rings (SSSR count). The van der Waals surface area contributed by atoms with Crippen molar-refractivity contribution in [3.8, 4) is 0 Å². The first-order valence-electron chi connectivity index (χ1n) is 10.7. The molecule has 2 fully saturated rings. The number of carbonyl (C=O) groups excluding carboxylic acids is 2. The van der Waals surface area contributed by atoms with E-state index >= 15 is 0 Å². The Hall–Kier alpha value is -1.93. The molecule has 1 N–H and O–H groups in total. The summed E-state index contributed by atoms with van der Waals surface area (Å²) < 4.78 is 25.0. The smallest absolute Gasteiger partial charge is 0.253 e. The molecule has 30 heavy (non-hydrogen) atoms. The second kappa shape index (κ2) is 9.06. The van der Waals surface area contributed by atoms with Crippen molar-refractivity contribution in [1.29, 1.82) is 0 Å². The summed E-state index contributed by atoms with van der Waals surface area (Å²) in [7, 11) is -3.31. The standard InChI is InChI=1S/C22H33N3O4S/c1-15-10-16(2)13-24(12-15)22(27)18-8-7-17(3)20(11-18)23-21(26)19-6-5-9-25(14-19)30(4,28)29/h7-8,11,15-16,19H,5-6,9-10,12-14H2,1-4H3,(H,23,26). The lowest BCUT2D eigenvalue weighted by molar-refractivity contribution is -0.120. The van der Waals surface area contributed by atoms with E-state index in [1.165, 1.54) is 10.6 Å². The minimum Gasteiger partial charge on any atom is -0.338 e. The molecule has 0 aromatic heterocycles. The Morgan fingerprint density at radius 2 is 1.77 bits per heavy atom. The fourth-order valence-electron chi connectivity index (χ4n) is 4.59. The van der Waals surface area contributed by atoms with Crippen molar-refractivity contribution < 1.29 is 18.0 Å². The normalized spacial score (nSPS) is 25.7. The van der Waals surface area contributed by atoms with Crippen LogP contribution in [0, 0.1) is 24.7 Å².